The Morgan fingerprint density at radius 3 is 2.17 bits per heavy atom. The second-order valence-electron chi connectivity index (χ2n) is 4.24. The maximum Gasteiger partial charge on any atom is 0.558 e. The van der Waals surface area contributed by atoms with Gasteiger partial charge in [0.15, 0.2) is 0 Å². The lowest BCUT2D eigenvalue weighted by atomic mass is 10.2. The second-order valence-corrected chi connectivity index (χ2v) is 4.65. The van der Waals surface area contributed by atoms with E-state index in [4.69, 9.17) is 21.1 Å². The molecule has 1 aromatic carbocycles. The lowest BCUT2D eigenvalue weighted by Crippen LogP contribution is -2.59. The summed E-state index contributed by atoms with van der Waals surface area (Å²) in [6.45, 7) is 2.47. The van der Waals surface area contributed by atoms with Gasteiger partial charge in [-0.1, -0.05) is 11.6 Å². The topological polar surface area (TPSA) is 114 Å². The minimum absolute atomic E-state index is 0.138. The molecule has 24 heavy (non-hydrogen) atoms. The minimum Gasteiger partial charge on any atom is -0.495 e. The highest BCUT2D eigenvalue weighted by Crippen LogP contribution is 2.31. The number of carbonyl (C=O) groups is 2. The van der Waals surface area contributed by atoms with E-state index in [9.17, 15) is 19.7 Å². The molecule has 10 heteroatoms. The summed E-state index contributed by atoms with van der Waals surface area (Å²) in [5, 5.41) is 11.7. The Labute approximate surface area is 142 Å². The number of benzene rings is 1. The van der Waals surface area contributed by atoms with E-state index in [0.717, 1.165) is 0 Å². The predicted octanol–water partition coefficient (Wildman–Crippen LogP) is 1.83. The van der Waals surface area contributed by atoms with Crippen LogP contribution in [-0.2, 0) is 19.1 Å². The molecular formula is C14H16ClNO8. The van der Waals surface area contributed by atoms with Crippen molar-refractivity contribution in [1.29, 1.82) is 0 Å². The number of esters is 2. The molecule has 0 fully saturated rings. The number of carbonyl (C=O) groups excluding carboxylic acids is 2. The van der Waals surface area contributed by atoms with Gasteiger partial charge < -0.3 is 18.9 Å². The Hall–Kier alpha value is -2.55. The van der Waals surface area contributed by atoms with E-state index in [0.29, 0.717) is 0 Å². The minimum atomic E-state index is -3.19. The molecule has 0 aromatic heterocycles. The summed E-state index contributed by atoms with van der Waals surface area (Å²) in [6, 6.07) is 3.76. The summed E-state index contributed by atoms with van der Waals surface area (Å²) >= 11 is 5.86. The van der Waals surface area contributed by atoms with Crippen molar-refractivity contribution in [3.05, 3.63) is 33.3 Å². The van der Waals surface area contributed by atoms with Crippen LogP contribution in [0.4, 0.5) is 0 Å². The van der Waals surface area contributed by atoms with Gasteiger partial charge in [0.1, 0.15) is 11.5 Å². The number of nitrogens with zero attached hydrogens (tertiary/aromatic N) is 1. The van der Waals surface area contributed by atoms with Crippen LogP contribution < -0.4 is 9.47 Å². The van der Waals surface area contributed by atoms with Crippen LogP contribution >= 0.6 is 11.6 Å². The SMILES string of the molecule is CCOC(=O)C(Oc1ccc(Cl)c(OC)c1)(C(=O)OCC)[N+](=O)[O-]. The summed E-state index contributed by atoms with van der Waals surface area (Å²) in [5.41, 5.74) is -3.19. The van der Waals surface area contributed by atoms with Crippen LogP contribution in [0.2, 0.25) is 5.02 Å². The molecule has 0 spiro atoms. The third kappa shape index (κ3) is 3.85. The van der Waals surface area contributed by atoms with Gasteiger partial charge in [-0.2, -0.15) is 0 Å². The average Bonchev–Trinajstić information content (AvgIpc) is 2.54. The molecule has 0 aliphatic heterocycles. The highest BCUT2D eigenvalue weighted by molar-refractivity contribution is 6.32. The van der Waals surface area contributed by atoms with Crippen molar-refractivity contribution in [2.75, 3.05) is 20.3 Å². The van der Waals surface area contributed by atoms with Crippen molar-refractivity contribution in [3.63, 3.8) is 0 Å². The molecule has 0 atom stereocenters. The van der Waals surface area contributed by atoms with Gasteiger partial charge in [0.2, 0.25) is 0 Å². The van der Waals surface area contributed by atoms with Crippen LogP contribution in [-0.4, -0.2) is 42.9 Å². The zero-order valence-corrected chi connectivity index (χ0v) is 14.0. The Balaban J connectivity index is 3.38. The first-order chi connectivity index (χ1) is 11.3. The number of methoxy groups -OCH3 is 1. The van der Waals surface area contributed by atoms with E-state index in [1.54, 1.807) is 0 Å². The smallest absolute Gasteiger partial charge is 0.495 e. The van der Waals surface area contributed by atoms with Crippen molar-refractivity contribution >= 4 is 23.5 Å². The first kappa shape index (κ1) is 19.5. The molecule has 0 saturated heterocycles. The van der Waals surface area contributed by atoms with Crippen LogP contribution in [0.25, 0.3) is 0 Å². The number of rotatable bonds is 8. The van der Waals surface area contributed by atoms with Gasteiger partial charge in [-0.05, 0) is 26.0 Å². The van der Waals surface area contributed by atoms with Crippen molar-refractivity contribution in [2.24, 2.45) is 0 Å². The van der Waals surface area contributed by atoms with Gasteiger partial charge in [0, 0.05) is 6.07 Å². The first-order valence-corrected chi connectivity index (χ1v) is 7.22. The molecular weight excluding hydrogens is 346 g/mol. The van der Waals surface area contributed by atoms with Gasteiger partial charge in [0.25, 0.3) is 0 Å². The molecule has 0 saturated carbocycles. The van der Waals surface area contributed by atoms with Gasteiger partial charge in [-0.15, -0.1) is 0 Å². The highest BCUT2D eigenvalue weighted by Gasteiger charge is 2.66. The zero-order chi connectivity index (χ0) is 18.3. The molecule has 0 bridgehead atoms. The summed E-state index contributed by atoms with van der Waals surface area (Å²) in [6.07, 6.45) is 0. The van der Waals surface area contributed by atoms with Crippen LogP contribution in [0.15, 0.2) is 18.2 Å². The third-order valence-corrected chi connectivity index (χ3v) is 3.06. The van der Waals surface area contributed by atoms with Crippen LogP contribution in [0.5, 0.6) is 11.5 Å². The van der Waals surface area contributed by atoms with Crippen molar-refractivity contribution in [1.82, 2.24) is 0 Å². The number of ether oxygens (including phenoxy) is 4. The molecule has 0 unspecified atom stereocenters. The first-order valence-electron chi connectivity index (χ1n) is 6.84. The Kier molecular flexibility index (Phi) is 6.78. The van der Waals surface area contributed by atoms with Gasteiger partial charge in [-0.3, -0.25) is 10.1 Å². The molecule has 1 rings (SSSR count). The van der Waals surface area contributed by atoms with E-state index < -0.39 is 22.6 Å². The Morgan fingerprint density at radius 2 is 1.75 bits per heavy atom. The summed E-state index contributed by atoms with van der Waals surface area (Å²) in [5.74, 6) is -3.06. The number of halogens is 1. The summed E-state index contributed by atoms with van der Waals surface area (Å²) in [4.78, 5) is 34.5. The van der Waals surface area contributed by atoms with Gasteiger partial charge in [-0.25, -0.2) is 9.59 Å². The lowest BCUT2D eigenvalue weighted by molar-refractivity contribution is -0.583. The molecule has 0 amide bonds. The molecule has 132 valence electrons. The Bertz CT molecular complexity index is 615. The second kappa shape index (κ2) is 8.34. The fourth-order valence-electron chi connectivity index (χ4n) is 1.68. The van der Waals surface area contributed by atoms with Gasteiger partial charge in [0.05, 0.1) is 30.3 Å². The summed E-state index contributed by atoms with van der Waals surface area (Å²) < 4.78 is 19.3. The monoisotopic (exact) mass is 361 g/mol. The molecule has 9 nitrogen and oxygen atoms in total. The maximum absolute atomic E-state index is 12.1. The van der Waals surface area contributed by atoms with Crippen LogP contribution in [0.1, 0.15) is 13.8 Å². The number of hydrogen-bond acceptors (Lipinski definition) is 8. The van der Waals surface area contributed by atoms with Crippen molar-refractivity contribution in [3.8, 4) is 11.5 Å². The zero-order valence-electron chi connectivity index (χ0n) is 13.2. The predicted molar refractivity (Wildman–Crippen MR) is 81.6 cm³/mol. The average molecular weight is 362 g/mol. The molecule has 1 aromatic rings. The van der Waals surface area contributed by atoms with E-state index in [2.05, 4.69) is 9.47 Å². The normalized spacial score (nSPS) is 10.7. The van der Waals surface area contributed by atoms with E-state index in [-0.39, 0.29) is 29.7 Å². The fraction of sp³-hybridized carbons (Fsp3) is 0.429. The maximum atomic E-state index is 12.1. The standard InChI is InChI=1S/C14H16ClNO8/c1-4-22-12(17)14(16(19)20,13(18)23-5-2)24-9-6-7-10(15)11(8-9)21-3/h6-8H,4-5H2,1-3H3. The molecule has 0 aliphatic carbocycles. The Morgan fingerprint density at radius 1 is 1.21 bits per heavy atom. The third-order valence-electron chi connectivity index (χ3n) is 2.75. The van der Waals surface area contributed by atoms with E-state index in [1.807, 2.05) is 0 Å². The number of nitro groups is 1. The lowest BCUT2D eigenvalue weighted by Gasteiger charge is -2.22. The fourth-order valence-corrected chi connectivity index (χ4v) is 1.88. The van der Waals surface area contributed by atoms with E-state index >= 15 is 0 Å². The van der Waals surface area contributed by atoms with Gasteiger partial charge >= 0.3 is 17.7 Å². The van der Waals surface area contributed by atoms with Crippen molar-refractivity contribution in [2.45, 2.75) is 19.6 Å². The molecule has 0 radical (unpaired) electrons. The van der Waals surface area contributed by atoms with Crippen molar-refractivity contribution < 1.29 is 33.5 Å². The quantitative estimate of drug-likeness (QED) is 0.226. The highest BCUT2D eigenvalue weighted by atomic mass is 35.5. The van der Waals surface area contributed by atoms with Crippen LogP contribution in [0, 0.1) is 10.1 Å². The summed E-state index contributed by atoms with van der Waals surface area (Å²) in [7, 11) is 1.32. The molecule has 0 N–H and O–H groups in total. The molecule has 0 aliphatic rings. The van der Waals surface area contributed by atoms with Crippen LogP contribution in [0.3, 0.4) is 0 Å². The largest absolute Gasteiger partial charge is 0.558 e. The molecule has 0 heterocycles. The number of hydrogen-bond donors (Lipinski definition) is 0. The van der Waals surface area contributed by atoms with E-state index in [1.165, 1.54) is 39.2 Å².